The summed E-state index contributed by atoms with van der Waals surface area (Å²) in [5.41, 5.74) is 3.23. The van der Waals surface area contributed by atoms with E-state index in [9.17, 15) is 4.79 Å². The van der Waals surface area contributed by atoms with Crippen LogP contribution in [-0.4, -0.2) is 12.5 Å². The molecule has 0 bridgehead atoms. The summed E-state index contributed by atoms with van der Waals surface area (Å²) in [6, 6.07) is 20.5. The minimum atomic E-state index is 0.0419. The van der Waals surface area contributed by atoms with E-state index in [0.29, 0.717) is 13.0 Å². The first-order chi connectivity index (χ1) is 11.8. The minimum Gasteiger partial charge on any atom is -0.494 e. The molecule has 0 aromatic heterocycles. The monoisotopic (exact) mass is 317 g/mol. The Morgan fingerprint density at radius 3 is 2.83 bits per heavy atom. The quantitative estimate of drug-likeness (QED) is 0.759. The lowest BCUT2D eigenvalue weighted by Crippen LogP contribution is -2.23. The molecule has 0 spiro atoms. The summed E-state index contributed by atoms with van der Waals surface area (Å²) in [4.78, 5) is 12.2. The van der Waals surface area contributed by atoms with Gasteiger partial charge in [0.15, 0.2) is 0 Å². The van der Waals surface area contributed by atoms with Crippen LogP contribution in [0.15, 0.2) is 60.7 Å². The van der Waals surface area contributed by atoms with Gasteiger partial charge < -0.3 is 10.1 Å². The summed E-state index contributed by atoms with van der Waals surface area (Å²) >= 11 is 0. The fourth-order valence-corrected chi connectivity index (χ4v) is 3.54. The molecule has 0 unspecified atom stereocenters. The zero-order valence-electron chi connectivity index (χ0n) is 13.6. The molecule has 3 aromatic rings. The van der Waals surface area contributed by atoms with Crippen LogP contribution < -0.4 is 10.1 Å². The number of rotatable bonds is 3. The minimum absolute atomic E-state index is 0.0419. The zero-order valence-corrected chi connectivity index (χ0v) is 13.6. The van der Waals surface area contributed by atoms with E-state index >= 15 is 0 Å². The van der Waals surface area contributed by atoms with E-state index in [2.05, 4.69) is 35.6 Å². The maximum absolute atomic E-state index is 12.2. The first kappa shape index (κ1) is 14.8. The molecule has 1 heterocycles. The highest BCUT2D eigenvalue weighted by atomic mass is 16.5. The first-order valence-electron chi connectivity index (χ1n) is 8.30. The van der Waals surface area contributed by atoms with Crippen molar-refractivity contribution in [2.24, 2.45) is 0 Å². The molecule has 0 fully saturated rings. The molecule has 1 atom stereocenters. The number of hydrogen-bond donors (Lipinski definition) is 1. The summed E-state index contributed by atoms with van der Waals surface area (Å²) in [6.07, 6.45) is 0.455. The fraction of sp³-hybridized carbons (Fsp3) is 0.190. The van der Waals surface area contributed by atoms with Crippen LogP contribution >= 0.6 is 0 Å². The molecule has 120 valence electrons. The van der Waals surface area contributed by atoms with Crippen LogP contribution in [0.4, 0.5) is 5.69 Å². The van der Waals surface area contributed by atoms with E-state index < -0.39 is 0 Å². The third-order valence-electron chi connectivity index (χ3n) is 4.55. The van der Waals surface area contributed by atoms with Gasteiger partial charge in [0, 0.05) is 18.0 Å². The lowest BCUT2D eigenvalue weighted by Gasteiger charge is -2.28. The van der Waals surface area contributed by atoms with Crippen molar-refractivity contribution in [2.75, 3.05) is 11.9 Å². The van der Waals surface area contributed by atoms with E-state index in [4.69, 9.17) is 4.74 Å². The fourth-order valence-electron chi connectivity index (χ4n) is 3.54. The number of ether oxygens (including phenoxy) is 1. The maximum atomic E-state index is 12.2. The molecule has 3 nitrogen and oxygen atoms in total. The lowest BCUT2D eigenvalue weighted by molar-refractivity contribution is -0.116. The van der Waals surface area contributed by atoms with Crippen LogP contribution in [0.3, 0.4) is 0 Å². The van der Waals surface area contributed by atoms with Crippen molar-refractivity contribution in [2.45, 2.75) is 19.3 Å². The third kappa shape index (κ3) is 2.52. The van der Waals surface area contributed by atoms with Crippen LogP contribution in [0.5, 0.6) is 5.75 Å². The van der Waals surface area contributed by atoms with Gasteiger partial charge >= 0.3 is 0 Å². The van der Waals surface area contributed by atoms with Gasteiger partial charge in [-0.1, -0.05) is 42.5 Å². The Hall–Kier alpha value is -2.81. The van der Waals surface area contributed by atoms with Gasteiger partial charge in [-0.15, -0.1) is 0 Å². The molecule has 4 rings (SSSR count). The SMILES string of the molecule is CCOc1cccc([C@@H]2CC(=O)Nc3ccc4ccccc4c32)c1. The highest BCUT2D eigenvalue weighted by Gasteiger charge is 2.28. The molecule has 1 aliphatic rings. The Kier molecular flexibility index (Phi) is 3.69. The van der Waals surface area contributed by atoms with Gasteiger partial charge in [0.1, 0.15) is 5.75 Å². The highest BCUT2D eigenvalue weighted by Crippen LogP contribution is 2.42. The predicted molar refractivity (Wildman–Crippen MR) is 96.6 cm³/mol. The van der Waals surface area contributed by atoms with E-state index in [1.807, 2.05) is 37.3 Å². The Morgan fingerprint density at radius 1 is 1.08 bits per heavy atom. The number of nitrogens with one attached hydrogen (secondary N) is 1. The molecule has 1 N–H and O–H groups in total. The predicted octanol–water partition coefficient (Wildman–Crippen LogP) is 4.71. The number of fused-ring (bicyclic) bond motifs is 3. The molecule has 0 saturated heterocycles. The van der Waals surface area contributed by atoms with E-state index in [1.54, 1.807) is 0 Å². The topological polar surface area (TPSA) is 38.3 Å². The van der Waals surface area contributed by atoms with Gasteiger partial charge in [-0.25, -0.2) is 0 Å². The number of carbonyl (C=O) groups is 1. The van der Waals surface area contributed by atoms with Crippen LogP contribution in [0.1, 0.15) is 30.4 Å². The Balaban J connectivity index is 1.90. The molecule has 1 aliphatic heterocycles. The molecule has 0 radical (unpaired) electrons. The van der Waals surface area contributed by atoms with E-state index in [1.165, 1.54) is 16.3 Å². The normalized spacial score (nSPS) is 16.5. The van der Waals surface area contributed by atoms with Crippen molar-refractivity contribution in [3.05, 3.63) is 71.8 Å². The molecule has 0 saturated carbocycles. The number of carbonyl (C=O) groups excluding carboxylic acids is 1. The second kappa shape index (κ2) is 6.00. The highest BCUT2D eigenvalue weighted by molar-refractivity contribution is 6.01. The van der Waals surface area contributed by atoms with Crippen LogP contribution in [0.2, 0.25) is 0 Å². The number of hydrogen-bond acceptors (Lipinski definition) is 2. The Bertz CT molecular complexity index is 917. The van der Waals surface area contributed by atoms with E-state index in [0.717, 1.165) is 17.0 Å². The van der Waals surface area contributed by atoms with Crippen molar-refractivity contribution < 1.29 is 9.53 Å². The van der Waals surface area contributed by atoms with Gasteiger partial charge in [0.05, 0.1) is 6.61 Å². The summed E-state index contributed by atoms with van der Waals surface area (Å²) in [6.45, 7) is 2.61. The average Bonchev–Trinajstić information content (AvgIpc) is 2.61. The van der Waals surface area contributed by atoms with Crippen molar-refractivity contribution in [1.29, 1.82) is 0 Å². The molecule has 0 aliphatic carbocycles. The van der Waals surface area contributed by atoms with Gasteiger partial charge in [0.25, 0.3) is 0 Å². The number of anilines is 1. The van der Waals surface area contributed by atoms with Gasteiger partial charge in [0.2, 0.25) is 5.91 Å². The number of amides is 1. The van der Waals surface area contributed by atoms with Crippen molar-refractivity contribution >= 4 is 22.4 Å². The van der Waals surface area contributed by atoms with Crippen LogP contribution in [0, 0.1) is 0 Å². The molecule has 24 heavy (non-hydrogen) atoms. The standard InChI is InChI=1S/C21H19NO2/c1-2-24-16-8-5-7-15(12-16)18-13-20(23)22-19-11-10-14-6-3-4-9-17(14)21(18)19/h3-12,18H,2,13H2,1H3,(H,22,23)/t18-/m0/s1. The van der Waals surface area contributed by atoms with Crippen molar-refractivity contribution in [1.82, 2.24) is 0 Å². The van der Waals surface area contributed by atoms with Crippen molar-refractivity contribution in [3.63, 3.8) is 0 Å². The van der Waals surface area contributed by atoms with Crippen LogP contribution in [-0.2, 0) is 4.79 Å². The first-order valence-corrected chi connectivity index (χ1v) is 8.30. The van der Waals surface area contributed by atoms with Gasteiger partial charge in [-0.05, 0) is 47.0 Å². The second-order valence-electron chi connectivity index (χ2n) is 6.06. The maximum Gasteiger partial charge on any atom is 0.225 e. The zero-order chi connectivity index (χ0) is 16.5. The van der Waals surface area contributed by atoms with E-state index in [-0.39, 0.29) is 11.8 Å². The Labute approximate surface area is 141 Å². The summed E-state index contributed by atoms with van der Waals surface area (Å²) in [5.74, 6) is 0.951. The summed E-state index contributed by atoms with van der Waals surface area (Å²) in [5, 5.41) is 5.41. The van der Waals surface area contributed by atoms with Crippen LogP contribution in [0.25, 0.3) is 10.8 Å². The summed E-state index contributed by atoms with van der Waals surface area (Å²) in [7, 11) is 0. The number of benzene rings is 3. The lowest BCUT2D eigenvalue weighted by atomic mass is 9.82. The molecule has 1 amide bonds. The summed E-state index contributed by atoms with van der Waals surface area (Å²) < 4.78 is 5.64. The molecular weight excluding hydrogens is 298 g/mol. The average molecular weight is 317 g/mol. The smallest absolute Gasteiger partial charge is 0.225 e. The second-order valence-corrected chi connectivity index (χ2v) is 6.06. The van der Waals surface area contributed by atoms with Crippen molar-refractivity contribution in [3.8, 4) is 5.75 Å². The Morgan fingerprint density at radius 2 is 1.96 bits per heavy atom. The van der Waals surface area contributed by atoms with Gasteiger partial charge in [-0.3, -0.25) is 4.79 Å². The molecule has 3 heteroatoms. The molecule has 3 aromatic carbocycles. The third-order valence-corrected chi connectivity index (χ3v) is 4.55. The largest absolute Gasteiger partial charge is 0.494 e. The molecular formula is C21H19NO2. The van der Waals surface area contributed by atoms with Gasteiger partial charge in [-0.2, -0.15) is 0 Å².